The van der Waals surface area contributed by atoms with Crippen LogP contribution in [0.1, 0.15) is 37.4 Å². The summed E-state index contributed by atoms with van der Waals surface area (Å²) < 4.78 is 0. The van der Waals surface area contributed by atoms with Gasteiger partial charge >= 0.3 is 0 Å². The molecule has 2 amide bonds. The zero-order valence-electron chi connectivity index (χ0n) is 20.6. The molecule has 0 saturated heterocycles. The number of rotatable bonds is 8. The lowest BCUT2D eigenvalue weighted by Gasteiger charge is -2.12. The number of hydrogen-bond donors (Lipinski definition) is 2. The Hall–Kier alpha value is -4.74. The molecule has 0 atom stereocenters. The van der Waals surface area contributed by atoms with Gasteiger partial charge in [0.25, 0.3) is 11.8 Å². The van der Waals surface area contributed by atoms with Crippen molar-refractivity contribution in [3.63, 3.8) is 0 Å². The molecule has 5 nitrogen and oxygen atoms in total. The molecule has 0 bridgehead atoms. The minimum Gasteiger partial charge on any atom is -0.321 e. The number of anilines is 1. The standard InChI is InChI=1S/C32H25ClN2O3/c1-22-7-5-6-8-24(22)15-20-30(36)25-13-18-28(19-14-25)34-32(38)29(21-23-11-16-27(33)17-12-23)35-31(37)26-9-3-2-4-10-26/h2-21H,1H3,(H,34,38)(H,35,37)/b20-15+,29-21-. The van der Waals surface area contributed by atoms with Crippen molar-refractivity contribution in [2.45, 2.75) is 6.92 Å². The molecular weight excluding hydrogens is 496 g/mol. The van der Waals surface area contributed by atoms with Crippen molar-refractivity contribution in [2.24, 2.45) is 0 Å². The van der Waals surface area contributed by atoms with Crippen LogP contribution in [0.2, 0.25) is 5.02 Å². The van der Waals surface area contributed by atoms with Gasteiger partial charge in [-0.05, 0) is 84.3 Å². The van der Waals surface area contributed by atoms with Crippen molar-refractivity contribution in [3.05, 3.63) is 148 Å². The first-order chi connectivity index (χ1) is 18.4. The zero-order chi connectivity index (χ0) is 26.9. The van der Waals surface area contributed by atoms with E-state index in [4.69, 9.17) is 11.6 Å². The monoisotopic (exact) mass is 520 g/mol. The van der Waals surface area contributed by atoms with Gasteiger partial charge < -0.3 is 10.6 Å². The quantitative estimate of drug-likeness (QED) is 0.195. The summed E-state index contributed by atoms with van der Waals surface area (Å²) in [5, 5.41) is 6.04. The van der Waals surface area contributed by atoms with Crippen LogP contribution in [-0.4, -0.2) is 17.6 Å². The molecule has 2 N–H and O–H groups in total. The summed E-state index contributed by atoms with van der Waals surface area (Å²) in [4.78, 5) is 38.5. The van der Waals surface area contributed by atoms with Crippen LogP contribution in [0.4, 0.5) is 5.69 Å². The van der Waals surface area contributed by atoms with E-state index < -0.39 is 11.8 Å². The van der Waals surface area contributed by atoms with Gasteiger partial charge in [-0.3, -0.25) is 14.4 Å². The minimum absolute atomic E-state index is 0.0579. The molecule has 0 fully saturated rings. The predicted molar refractivity (Wildman–Crippen MR) is 153 cm³/mol. The van der Waals surface area contributed by atoms with Crippen LogP contribution < -0.4 is 10.6 Å². The third-order valence-corrected chi connectivity index (χ3v) is 5.99. The van der Waals surface area contributed by atoms with E-state index in [0.717, 1.165) is 11.1 Å². The topological polar surface area (TPSA) is 75.3 Å². The largest absolute Gasteiger partial charge is 0.321 e. The molecule has 0 aliphatic rings. The number of nitrogens with one attached hydrogen (secondary N) is 2. The smallest absolute Gasteiger partial charge is 0.272 e. The molecule has 6 heteroatoms. The first kappa shape index (κ1) is 26.3. The van der Waals surface area contributed by atoms with Crippen LogP contribution in [0.15, 0.2) is 115 Å². The summed E-state index contributed by atoms with van der Waals surface area (Å²) in [5.74, 6) is -1.07. The lowest BCUT2D eigenvalue weighted by molar-refractivity contribution is -0.113. The zero-order valence-corrected chi connectivity index (χ0v) is 21.4. The Morgan fingerprint density at radius 2 is 1.39 bits per heavy atom. The molecule has 38 heavy (non-hydrogen) atoms. The number of ketones is 1. The van der Waals surface area contributed by atoms with E-state index in [1.807, 2.05) is 31.2 Å². The molecule has 0 spiro atoms. The van der Waals surface area contributed by atoms with Crippen molar-refractivity contribution in [2.75, 3.05) is 5.32 Å². The van der Waals surface area contributed by atoms with Gasteiger partial charge in [0.15, 0.2) is 5.78 Å². The van der Waals surface area contributed by atoms with Gasteiger partial charge in [0.05, 0.1) is 0 Å². The Kier molecular flexibility index (Phi) is 8.65. The first-order valence-electron chi connectivity index (χ1n) is 11.9. The molecular formula is C32H25ClN2O3. The number of carbonyl (C=O) groups is 3. The molecule has 0 radical (unpaired) electrons. The van der Waals surface area contributed by atoms with Gasteiger partial charge in [-0.15, -0.1) is 0 Å². The third kappa shape index (κ3) is 7.15. The molecule has 188 valence electrons. The molecule has 4 rings (SSSR count). The fourth-order valence-electron chi connectivity index (χ4n) is 3.62. The molecule has 0 heterocycles. The highest BCUT2D eigenvalue weighted by molar-refractivity contribution is 6.30. The van der Waals surface area contributed by atoms with Crippen molar-refractivity contribution in [1.82, 2.24) is 5.32 Å². The minimum atomic E-state index is -0.511. The highest BCUT2D eigenvalue weighted by Crippen LogP contribution is 2.16. The van der Waals surface area contributed by atoms with Crippen molar-refractivity contribution in [1.29, 1.82) is 0 Å². The number of benzene rings is 4. The fraction of sp³-hybridized carbons (Fsp3) is 0.0312. The molecule has 0 unspecified atom stereocenters. The van der Waals surface area contributed by atoms with Crippen molar-refractivity contribution in [3.8, 4) is 0 Å². The summed E-state index contributed by atoms with van der Waals surface area (Å²) >= 11 is 5.98. The fourth-order valence-corrected chi connectivity index (χ4v) is 3.75. The summed E-state index contributed by atoms with van der Waals surface area (Å²) in [6.07, 6.45) is 4.89. The van der Waals surface area contributed by atoms with E-state index in [1.165, 1.54) is 6.08 Å². The van der Waals surface area contributed by atoms with Crippen LogP contribution in [-0.2, 0) is 4.79 Å². The average molecular weight is 521 g/mol. The number of amides is 2. The summed E-state index contributed by atoms with van der Waals surface area (Å²) in [6.45, 7) is 1.99. The van der Waals surface area contributed by atoms with E-state index in [-0.39, 0.29) is 11.5 Å². The number of hydrogen-bond acceptors (Lipinski definition) is 3. The van der Waals surface area contributed by atoms with Gasteiger partial charge in [-0.1, -0.05) is 72.3 Å². The number of allylic oxidation sites excluding steroid dienone is 1. The van der Waals surface area contributed by atoms with Gasteiger partial charge in [-0.25, -0.2) is 0 Å². The highest BCUT2D eigenvalue weighted by Gasteiger charge is 2.15. The molecule has 0 aliphatic carbocycles. The molecule has 0 saturated carbocycles. The maximum Gasteiger partial charge on any atom is 0.272 e. The summed E-state index contributed by atoms with van der Waals surface area (Å²) in [5.41, 5.74) is 4.19. The van der Waals surface area contributed by atoms with Crippen LogP contribution in [0.25, 0.3) is 12.2 Å². The Morgan fingerprint density at radius 1 is 0.737 bits per heavy atom. The normalized spacial score (nSPS) is 11.3. The highest BCUT2D eigenvalue weighted by atomic mass is 35.5. The Bertz CT molecular complexity index is 1510. The van der Waals surface area contributed by atoms with Gasteiger partial charge in [0.1, 0.15) is 5.70 Å². The Balaban J connectivity index is 1.49. The molecule has 0 aromatic heterocycles. The number of carbonyl (C=O) groups excluding carboxylic acids is 3. The number of aryl methyl sites for hydroxylation is 1. The maximum absolute atomic E-state index is 13.2. The Labute approximate surface area is 226 Å². The lowest BCUT2D eigenvalue weighted by Crippen LogP contribution is -2.30. The van der Waals surface area contributed by atoms with Crippen molar-refractivity contribution >= 4 is 47.0 Å². The second kappa shape index (κ2) is 12.5. The van der Waals surface area contributed by atoms with Gasteiger partial charge in [0, 0.05) is 21.8 Å². The van der Waals surface area contributed by atoms with E-state index in [0.29, 0.717) is 27.4 Å². The van der Waals surface area contributed by atoms with E-state index in [2.05, 4.69) is 10.6 Å². The maximum atomic E-state index is 13.2. The van der Waals surface area contributed by atoms with E-state index in [1.54, 1.807) is 91.0 Å². The number of halogens is 1. The molecule has 0 aliphatic heterocycles. The predicted octanol–water partition coefficient (Wildman–Crippen LogP) is 6.95. The summed E-state index contributed by atoms with van der Waals surface area (Å²) in [6, 6.07) is 29.9. The molecule has 4 aromatic rings. The molecule has 4 aromatic carbocycles. The first-order valence-corrected chi connectivity index (χ1v) is 12.3. The van der Waals surface area contributed by atoms with Crippen LogP contribution in [0.3, 0.4) is 0 Å². The van der Waals surface area contributed by atoms with E-state index >= 15 is 0 Å². The lowest BCUT2D eigenvalue weighted by atomic mass is 10.1. The van der Waals surface area contributed by atoms with Crippen LogP contribution in [0.5, 0.6) is 0 Å². The second-order valence-corrected chi connectivity index (χ2v) is 8.95. The van der Waals surface area contributed by atoms with Gasteiger partial charge in [0.2, 0.25) is 0 Å². The van der Waals surface area contributed by atoms with Crippen molar-refractivity contribution < 1.29 is 14.4 Å². The van der Waals surface area contributed by atoms with Crippen LogP contribution >= 0.6 is 11.6 Å². The SMILES string of the molecule is Cc1ccccc1/C=C/C(=O)c1ccc(NC(=O)/C(=C/c2ccc(Cl)cc2)NC(=O)c2ccccc2)cc1. The average Bonchev–Trinajstić information content (AvgIpc) is 2.94. The third-order valence-electron chi connectivity index (χ3n) is 5.74. The second-order valence-electron chi connectivity index (χ2n) is 8.52. The van der Waals surface area contributed by atoms with E-state index in [9.17, 15) is 14.4 Å². The van der Waals surface area contributed by atoms with Gasteiger partial charge in [-0.2, -0.15) is 0 Å². The summed E-state index contributed by atoms with van der Waals surface area (Å²) in [7, 11) is 0. The van der Waals surface area contributed by atoms with Crippen LogP contribution in [0, 0.1) is 6.92 Å². The Morgan fingerprint density at radius 3 is 2.08 bits per heavy atom.